The minimum atomic E-state index is -1.10. The fraction of sp³-hybridized carbons (Fsp3) is 0.300. The first-order valence-corrected chi connectivity index (χ1v) is 4.37. The maximum atomic E-state index is 12.7. The highest BCUT2D eigenvalue weighted by Crippen LogP contribution is 2.11. The van der Waals surface area contributed by atoms with Crippen molar-refractivity contribution >= 4 is 5.97 Å². The second-order valence-electron chi connectivity index (χ2n) is 2.89. The van der Waals surface area contributed by atoms with E-state index in [2.05, 4.69) is 5.32 Å². The van der Waals surface area contributed by atoms with Gasteiger partial charge in [-0.2, -0.15) is 0 Å². The summed E-state index contributed by atoms with van der Waals surface area (Å²) in [7, 11) is 0. The van der Waals surface area contributed by atoms with Crippen molar-refractivity contribution in [3.05, 3.63) is 35.1 Å². The normalized spacial score (nSPS) is 10.1. The first kappa shape index (κ1) is 10.7. The zero-order chi connectivity index (χ0) is 10.6. The monoisotopic (exact) mass is 197 g/mol. The number of aromatic carboxylic acids is 1. The van der Waals surface area contributed by atoms with Crippen molar-refractivity contribution in [2.75, 3.05) is 6.54 Å². The Balaban J connectivity index is 2.96. The van der Waals surface area contributed by atoms with Crippen molar-refractivity contribution in [2.45, 2.75) is 13.5 Å². The number of nitrogens with one attached hydrogen (secondary N) is 1. The van der Waals surface area contributed by atoms with Crippen LogP contribution in [0.1, 0.15) is 22.8 Å². The Morgan fingerprint density at radius 1 is 1.57 bits per heavy atom. The molecule has 0 radical (unpaired) electrons. The molecule has 1 aromatic carbocycles. The van der Waals surface area contributed by atoms with E-state index < -0.39 is 11.8 Å². The summed E-state index contributed by atoms with van der Waals surface area (Å²) >= 11 is 0. The Morgan fingerprint density at radius 2 is 2.29 bits per heavy atom. The van der Waals surface area contributed by atoms with Gasteiger partial charge in [0, 0.05) is 6.54 Å². The molecule has 4 heteroatoms. The summed E-state index contributed by atoms with van der Waals surface area (Å²) in [4.78, 5) is 10.7. The van der Waals surface area contributed by atoms with Gasteiger partial charge in [-0.05, 0) is 24.2 Å². The lowest BCUT2D eigenvalue weighted by Gasteiger charge is -2.06. The second-order valence-corrected chi connectivity index (χ2v) is 2.89. The smallest absolute Gasteiger partial charge is 0.336 e. The molecule has 0 bridgehead atoms. The second kappa shape index (κ2) is 4.72. The fourth-order valence-corrected chi connectivity index (χ4v) is 1.16. The lowest BCUT2D eigenvalue weighted by Crippen LogP contribution is -2.15. The average molecular weight is 197 g/mol. The third kappa shape index (κ3) is 2.53. The van der Waals surface area contributed by atoms with E-state index in [1.165, 1.54) is 12.1 Å². The average Bonchev–Trinajstić information content (AvgIpc) is 2.15. The Bertz CT molecular complexity index is 339. The van der Waals surface area contributed by atoms with Gasteiger partial charge in [0.05, 0.1) is 5.56 Å². The van der Waals surface area contributed by atoms with Gasteiger partial charge in [-0.25, -0.2) is 9.18 Å². The van der Waals surface area contributed by atoms with Crippen LogP contribution < -0.4 is 5.32 Å². The maximum absolute atomic E-state index is 12.7. The molecule has 0 aromatic heterocycles. The summed E-state index contributed by atoms with van der Waals surface area (Å²) in [6, 6.07) is 3.79. The molecule has 0 aliphatic rings. The van der Waals surface area contributed by atoms with Crippen LogP contribution >= 0.6 is 0 Å². The Kier molecular flexibility index (Phi) is 3.59. The lowest BCUT2D eigenvalue weighted by molar-refractivity contribution is 0.0695. The van der Waals surface area contributed by atoms with E-state index in [1.807, 2.05) is 6.92 Å². The van der Waals surface area contributed by atoms with Crippen LogP contribution in [-0.2, 0) is 6.54 Å². The summed E-state index contributed by atoms with van der Waals surface area (Å²) in [6.45, 7) is 3.11. The van der Waals surface area contributed by atoms with Gasteiger partial charge in [0.25, 0.3) is 0 Å². The summed E-state index contributed by atoms with van der Waals surface area (Å²) in [5, 5.41) is 11.8. The molecule has 76 valence electrons. The van der Waals surface area contributed by atoms with E-state index >= 15 is 0 Å². The van der Waals surface area contributed by atoms with Crippen LogP contribution in [0.3, 0.4) is 0 Å². The molecular weight excluding hydrogens is 185 g/mol. The first-order valence-electron chi connectivity index (χ1n) is 4.37. The molecule has 1 aromatic rings. The molecule has 0 atom stereocenters. The van der Waals surface area contributed by atoms with E-state index in [1.54, 1.807) is 0 Å². The largest absolute Gasteiger partial charge is 0.478 e. The van der Waals surface area contributed by atoms with Gasteiger partial charge in [0.1, 0.15) is 5.82 Å². The number of hydrogen-bond donors (Lipinski definition) is 2. The van der Waals surface area contributed by atoms with Crippen molar-refractivity contribution < 1.29 is 14.3 Å². The fourth-order valence-electron chi connectivity index (χ4n) is 1.16. The zero-order valence-electron chi connectivity index (χ0n) is 7.88. The summed E-state index contributed by atoms with van der Waals surface area (Å²) in [5.41, 5.74) is 0.617. The number of carboxylic acids is 1. The van der Waals surface area contributed by atoms with E-state index in [9.17, 15) is 9.18 Å². The molecule has 0 spiro atoms. The Morgan fingerprint density at radius 3 is 2.86 bits per heavy atom. The number of hydrogen-bond acceptors (Lipinski definition) is 2. The molecule has 0 aliphatic heterocycles. The minimum Gasteiger partial charge on any atom is -0.478 e. The molecule has 0 saturated carbocycles. The number of rotatable bonds is 4. The highest BCUT2D eigenvalue weighted by molar-refractivity contribution is 5.89. The molecule has 0 aliphatic carbocycles. The van der Waals surface area contributed by atoms with Crippen LogP contribution in [0.2, 0.25) is 0 Å². The van der Waals surface area contributed by atoms with Gasteiger partial charge in [0.15, 0.2) is 0 Å². The predicted octanol–water partition coefficient (Wildman–Crippen LogP) is 1.63. The molecule has 0 heterocycles. The molecule has 14 heavy (non-hydrogen) atoms. The third-order valence-electron chi connectivity index (χ3n) is 1.87. The quantitative estimate of drug-likeness (QED) is 0.771. The molecule has 0 unspecified atom stereocenters. The summed E-state index contributed by atoms with van der Waals surface area (Å²) < 4.78 is 12.7. The van der Waals surface area contributed by atoms with Crippen molar-refractivity contribution in [3.8, 4) is 0 Å². The van der Waals surface area contributed by atoms with Crippen molar-refractivity contribution in [1.82, 2.24) is 5.32 Å². The van der Waals surface area contributed by atoms with Gasteiger partial charge < -0.3 is 10.4 Å². The number of carboxylic acid groups (broad SMARTS) is 1. The minimum absolute atomic E-state index is 0.0194. The molecular formula is C10H12FNO2. The highest BCUT2D eigenvalue weighted by atomic mass is 19.1. The van der Waals surface area contributed by atoms with E-state index in [-0.39, 0.29) is 5.56 Å². The summed E-state index contributed by atoms with van der Waals surface area (Å²) in [6.07, 6.45) is 0. The van der Waals surface area contributed by atoms with Gasteiger partial charge in [-0.3, -0.25) is 0 Å². The molecule has 1 rings (SSSR count). The summed E-state index contributed by atoms with van der Waals surface area (Å²) in [5.74, 6) is -1.62. The maximum Gasteiger partial charge on any atom is 0.336 e. The van der Waals surface area contributed by atoms with Crippen LogP contribution in [0.4, 0.5) is 4.39 Å². The van der Waals surface area contributed by atoms with E-state index in [0.29, 0.717) is 12.1 Å². The number of benzene rings is 1. The molecule has 0 saturated heterocycles. The number of carbonyl (C=O) groups is 1. The molecule has 3 nitrogen and oxygen atoms in total. The standard InChI is InChI=1S/C10H12FNO2/c1-2-12-6-7-3-4-8(11)5-9(7)10(13)14/h3-5,12H,2,6H2,1H3,(H,13,14). The topological polar surface area (TPSA) is 49.3 Å². The van der Waals surface area contributed by atoms with Gasteiger partial charge >= 0.3 is 5.97 Å². The molecule has 2 N–H and O–H groups in total. The molecule has 0 fully saturated rings. The Hall–Kier alpha value is -1.42. The molecule has 0 amide bonds. The van der Waals surface area contributed by atoms with Crippen LogP contribution in [0.25, 0.3) is 0 Å². The van der Waals surface area contributed by atoms with Crippen LogP contribution in [0.5, 0.6) is 0 Å². The van der Waals surface area contributed by atoms with Crippen molar-refractivity contribution in [3.63, 3.8) is 0 Å². The Labute approximate surface area is 81.6 Å². The van der Waals surface area contributed by atoms with E-state index in [4.69, 9.17) is 5.11 Å². The third-order valence-corrected chi connectivity index (χ3v) is 1.87. The van der Waals surface area contributed by atoms with Gasteiger partial charge in [0.2, 0.25) is 0 Å². The SMILES string of the molecule is CCNCc1ccc(F)cc1C(=O)O. The first-order chi connectivity index (χ1) is 6.65. The highest BCUT2D eigenvalue weighted by Gasteiger charge is 2.10. The van der Waals surface area contributed by atoms with Crippen LogP contribution in [0, 0.1) is 5.82 Å². The lowest BCUT2D eigenvalue weighted by atomic mass is 10.1. The van der Waals surface area contributed by atoms with Gasteiger partial charge in [-0.1, -0.05) is 13.0 Å². The number of halogens is 1. The van der Waals surface area contributed by atoms with Gasteiger partial charge in [-0.15, -0.1) is 0 Å². The van der Waals surface area contributed by atoms with Crippen LogP contribution in [-0.4, -0.2) is 17.6 Å². The van der Waals surface area contributed by atoms with Crippen LogP contribution in [0.15, 0.2) is 18.2 Å². The predicted molar refractivity (Wildman–Crippen MR) is 50.7 cm³/mol. The zero-order valence-corrected chi connectivity index (χ0v) is 7.88. The van der Waals surface area contributed by atoms with E-state index in [0.717, 1.165) is 12.6 Å². The van der Waals surface area contributed by atoms with Crippen molar-refractivity contribution in [2.24, 2.45) is 0 Å². The van der Waals surface area contributed by atoms with Crippen molar-refractivity contribution in [1.29, 1.82) is 0 Å².